The maximum atomic E-state index is 14.4. The number of amides is 1. The molecule has 1 amide bonds. The summed E-state index contributed by atoms with van der Waals surface area (Å²) in [6.07, 6.45) is 1.94. The number of hydrogen-bond donors (Lipinski definition) is 0. The zero-order valence-corrected chi connectivity index (χ0v) is 22.3. The number of carbonyl (C=O) groups excluding carboxylic acids is 1. The molecule has 2 aromatic heterocycles. The van der Waals surface area contributed by atoms with E-state index < -0.39 is 21.8 Å². The Morgan fingerprint density at radius 3 is 2.78 bits per heavy atom. The Morgan fingerprint density at radius 1 is 1.19 bits per heavy atom. The second kappa shape index (κ2) is 11.2. The molecule has 1 aromatic carbocycles. The molecule has 3 aromatic rings. The molecule has 2 fully saturated rings. The van der Waals surface area contributed by atoms with E-state index in [9.17, 15) is 17.6 Å². The molecule has 2 aliphatic rings. The van der Waals surface area contributed by atoms with Gasteiger partial charge in [0, 0.05) is 39.3 Å². The van der Waals surface area contributed by atoms with Crippen LogP contribution in [0.5, 0.6) is 0 Å². The molecule has 36 heavy (non-hydrogen) atoms. The number of carbonyl (C=O) groups is 1. The van der Waals surface area contributed by atoms with Crippen LogP contribution >= 0.6 is 22.7 Å². The Kier molecular flexibility index (Phi) is 7.99. The molecule has 0 bridgehead atoms. The summed E-state index contributed by atoms with van der Waals surface area (Å²) in [6, 6.07) is 8.11. The summed E-state index contributed by atoms with van der Waals surface area (Å²) in [5.41, 5.74) is 0.258. The van der Waals surface area contributed by atoms with Crippen LogP contribution in [-0.4, -0.2) is 81.0 Å². The molecule has 0 saturated carbocycles. The number of benzene rings is 1. The van der Waals surface area contributed by atoms with E-state index in [0.29, 0.717) is 53.2 Å². The van der Waals surface area contributed by atoms with Gasteiger partial charge in [0.15, 0.2) is 5.13 Å². The summed E-state index contributed by atoms with van der Waals surface area (Å²) >= 11 is 2.47. The number of sulfonamides is 1. The van der Waals surface area contributed by atoms with Crippen molar-refractivity contribution in [2.45, 2.75) is 23.5 Å². The first-order chi connectivity index (χ1) is 17.4. The summed E-state index contributed by atoms with van der Waals surface area (Å²) in [7, 11) is -3.63. The highest BCUT2D eigenvalue weighted by atomic mass is 32.2. The third-order valence-electron chi connectivity index (χ3n) is 6.64. The third kappa shape index (κ3) is 5.48. The monoisotopic (exact) mass is 552 g/mol. The predicted molar refractivity (Wildman–Crippen MR) is 140 cm³/mol. The zero-order chi connectivity index (χ0) is 25.1. The largest absolute Gasteiger partial charge is 0.379 e. The van der Waals surface area contributed by atoms with Gasteiger partial charge in [0.25, 0.3) is 10.0 Å². The Balaban J connectivity index is 1.36. The van der Waals surface area contributed by atoms with E-state index in [1.807, 2.05) is 0 Å². The van der Waals surface area contributed by atoms with Gasteiger partial charge in [-0.2, -0.15) is 4.31 Å². The smallest absolute Gasteiger partial charge is 0.252 e. The maximum Gasteiger partial charge on any atom is 0.252 e. The normalized spacial score (nSPS) is 20.1. The van der Waals surface area contributed by atoms with Crippen molar-refractivity contribution >= 4 is 54.0 Å². The molecule has 1 unspecified atom stereocenters. The molecule has 0 radical (unpaired) electrons. The van der Waals surface area contributed by atoms with Gasteiger partial charge < -0.3 is 4.74 Å². The van der Waals surface area contributed by atoms with E-state index in [-0.39, 0.29) is 18.0 Å². The highest BCUT2D eigenvalue weighted by molar-refractivity contribution is 7.91. The van der Waals surface area contributed by atoms with Gasteiger partial charge in [-0.05, 0) is 42.8 Å². The van der Waals surface area contributed by atoms with Gasteiger partial charge >= 0.3 is 0 Å². The average molecular weight is 553 g/mol. The maximum absolute atomic E-state index is 14.4. The number of piperidine rings is 1. The molecule has 0 N–H and O–H groups in total. The molecule has 12 heteroatoms. The number of nitrogens with zero attached hydrogens (tertiary/aromatic N) is 4. The standard InChI is InChI=1S/C24H29FN4O4S3/c25-19-6-1-7-20-22(19)26-24(35-20)29(11-4-9-27-12-14-33-15-13-27)23(30)18-5-2-10-28(17-18)36(31,32)21-8-3-16-34-21/h1,3,6-8,16,18H,2,4-5,9-15,17H2. The molecule has 0 aliphatic carbocycles. The fraction of sp³-hybridized carbons (Fsp3) is 0.500. The first-order valence-electron chi connectivity index (χ1n) is 12.1. The zero-order valence-electron chi connectivity index (χ0n) is 19.8. The lowest BCUT2D eigenvalue weighted by molar-refractivity contribution is -0.123. The van der Waals surface area contributed by atoms with Crippen LogP contribution in [0.2, 0.25) is 0 Å². The minimum absolute atomic E-state index is 0.137. The highest BCUT2D eigenvalue weighted by Gasteiger charge is 2.36. The van der Waals surface area contributed by atoms with E-state index in [1.54, 1.807) is 34.5 Å². The van der Waals surface area contributed by atoms with E-state index in [2.05, 4.69) is 9.88 Å². The minimum atomic E-state index is -3.63. The quantitative estimate of drug-likeness (QED) is 0.424. The van der Waals surface area contributed by atoms with Crippen LogP contribution in [0.3, 0.4) is 0 Å². The number of fused-ring (bicyclic) bond motifs is 1. The van der Waals surface area contributed by atoms with Crippen LogP contribution in [0.1, 0.15) is 19.3 Å². The van der Waals surface area contributed by atoms with Crippen molar-refractivity contribution in [1.29, 1.82) is 0 Å². The number of halogens is 1. The fourth-order valence-corrected chi connectivity index (χ4v) is 8.40. The topological polar surface area (TPSA) is 83.1 Å². The lowest BCUT2D eigenvalue weighted by Crippen LogP contribution is -2.47. The summed E-state index contributed by atoms with van der Waals surface area (Å²) in [5.74, 6) is -1.04. The molecular formula is C24H29FN4O4S3. The van der Waals surface area contributed by atoms with Crippen molar-refractivity contribution in [3.05, 3.63) is 41.5 Å². The lowest BCUT2D eigenvalue weighted by atomic mass is 9.98. The van der Waals surface area contributed by atoms with Gasteiger partial charge in [-0.3, -0.25) is 14.6 Å². The van der Waals surface area contributed by atoms with Crippen LogP contribution in [0, 0.1) is 11.7 Å². The average Bonchev–Trinajstić information content (AvgIpc) is 3.59. The van der Waals surface area contributed by atoms with Gasteiger partial charge in [0.2, 0.25) is 5.91 Å². The van der Waals surface area contributed by atoms with Crippen molar-refractivity contribution in [3.8, 4) is 0 Å². The molecular weight excluding hydrogens is 523 g/mol. The molecule has 4 heterocycles. The Bertz CT molecular complexity index is 1290. The SMILES string of the molecule is O=C(C1CCCN(S(=O)(=O)c2cccs2)C1)N(CCCN1CCOCC1)c1nc2c(F)cccc2s1. The highest BCUT2D eigenvalue weighted by Crippen LogP contribution is 2.33. The Morgan fingerprint density at radius 2 is 2.03 bits per heavy atom. The van der Waals surface area contributed by atoms with Gasteiger partial charge in [-0.25, -0.2) is 17.8 Å². The summed E-state index contributed by atoms with van der Waals surface area (Å²) < 4.78 is 48.4. The van der Waals surface area contributed by atoms with Crippen molar-refractivity contribution < 1.29 is 22.3 Å². The number of hydrogen-bond acceptors (Lipinski definition) is 8. The second-order valence-electron chi connectivity index (χ2n) is 9.01. The lowest BCUT2D eigenvalue weighted by Gasteiger charge is -2.34. The fourth-order valence-electron chi connectivity index (χ4n) is 4.72. The van der Waals surface area contributed by atoms with E-state index in [1.165, 1.54) is 33.0 Å². The number of ether oxygens (including phenoxy) is 1. The summed E-state index contributed by atoms with van der Waals surface area (Å²) in [5, 5.41) is 2.20. The third-order valence-corrected chi connectivity index (χ3v) is 10.9. The summed E-state index contributed by atoms with van der Waals surface area (Å²) in [6.45, 7) is 4.91. The number of rotatable bonds is 8. The molecule has 2 aliphatic heterocycles. The predicted octanol–water partition coefficient (Wildman–Crippen LogP) is 3.65. The minimum Gasteiger partial charge on any atom is -0.379 e. The van der Waals surface area contributed by atoms with Crippen molar-refractivity contribution in [2.24, 2.45) is 5.92 Å². The molecule has 8 nitrogen and oxygen atoms in total. The van der Waals surface area contributed by atoms with Gasteiger partial charge in [-0.1, -0.05) is 23.5 Å². The van der Waals surface area contributed by atoms with Gasteiger partial charge in [0.05, 0.1) is 23.8 Å². The second-order valence-corrected chi connectivity index (χ2v) is 13.1. The van der Waals surface area contributed by atoms with Gasteiger partial charge in [0.1, 0.15) is 15.5 Å². The Hall–Kier alpha value is -1.96. The van der Waals surface area contributed by atoms with Crippen molar-refractivity contribution in [3.63, 3.8) is 0 Å². The van der Waals surface area contributed by atoms with Crippen LogP contribution in [0.4, 0.5) is 9.52 Å². The number of para-hydroxylation sites is 1. The molecule has 5 rings (SSSR count). The number of anilines is 1. The molecule has 194 valence electrons. The number of thiazole rings is 1. The van der Waals surface area contributed by atoms with Crippen molar-refractivity contribution in [2.75, 3.05) is 57.4 Å². The van der Waals surface area contributed by atoms with E-state index in [4.69, 9.17) is 4.74 Å². The van der Waals surface area contributed by atoms with E-state index in [0.717, 1.165) is 26.1 Å². The number of thiophene rings is 1. The van der Waals surface area contributed by atoms with Crippen molar-refractivity contribution in [1.82, 2.24) is 14.2 Å². The van der Waals surface area contributed by atoms with Gasteiger partial charge in [-0.15, -0.1) is 11.3 Å². The van der Waals surface area contributed by atoms with E-state index >= 15 is 0 Å². The molecule has 1 atom stereocenters. The molecule has 2 saturated heterocycles. The molecule has 0 spiro atoms. The van der Waals surface area contributed by atoms with Crippen LogP contribution in [0.25, 0.3) is 10.2 Å². The number of morpholine rings is 1. The first kappa shape index (κ1) is 25.7. The van der Waals surface area contributed by atoms with Crippen LogP contribution in [0.15, 0.2) is 39.9 Å². The van der Waals surface area contributed by atoms with Crippen LogP contribution < -0.4 is 4.90 Å². The summed E-state index contributed by atoms with van der Waals surface area (Å²) in [4.78, 5) is 22.3. The Labute approximate surface area is 218 Å². The first-order valence-corrected chi connectivity index (χ1v) is 15.3. The number of aromatic nitrogens is 1. The van der Waals surface area contributed by atoms with Crippen LogP contribution in [-0.2, 0) is 19.6 Å².